The number of para-hydroxylation sites is 1. The number of azo groups is 1. The van der Waals surface area contributed by atoms with Crippen LogP contribution in [0.1, 0.15) is 6.92 Å². The Hall–Kier alpha value is -4.86. The van der Waals surface area contributed by atoms with Crippen LogP contribution in [-0.4, -0.2) is 27.7 Å². The first-order chi connectivity index (χ1) is 16.3. The number of H-pyrrole nitrogens is 1. The van der Waals surface area contributed by atoms with E-state index in [1.807, 2.05) is 6.07 Å². The fraction of sp³-hybridized carbons (Fsp3) is 0.0833. The number of carbonyl (C=O) groups is 1. The molecule has 0 aliphatic carbocycles. The Kier molecular flexibility index (Phi) is 6.13. The molecule has 0 bridgehead atoms. The Morgan fingerprint density at radius 2 is 1.62 bits per heavy atom. The van der Waals surface area contributed by atoms with Crippen molar-refractivity contribution in [2.24, 2.45) is 10.2 Å². The first-order valence-corrected chi connectivity index (χ1v) is 10.3. The molecular formula is C24H20N6O4. The number of nitro groups is 1. The number of aromatic amines is 1. The summed E-state index contributed by atoms with van der Waals surface area (Å²) in [5, 5.41) is 22.5. The summed E-state index contributed by atoms with van der Waals surface area (Å²) in [6.07, 6.45) is 0. The Morgan fingerprint density at radius 3 is 2.21 bits per heavy atom. The maximum Gasteiger partial charge on any atom is 0.299 e. The molecule has 0 radical (unpaired) electrons. The largest absolute Gasteiger partial charge is 0.316 e. The summed E-state index contributed by atoms with van der Waals surface area (Å²) in [5.41, 5.74) is 2.29. The maximum absolute atomic E-state index is 13.2. The molecule has 0 atom stereocenters. The molecule has 1 aromatic heterocycles. The van der Waals surface area contributed by atoms with Crippen molar-refractivity contribution < 1.29 is 9.72 Å². The highest BCUT2D eigenvalue weighted by Crippen LogP contribution is 2.30. The number of non-ortho nitro benzene ring substituents is 1. The van der Waals surface area contributed by atoms with Gasteiger partial charge >= 0.3 is 0 Å². The number of nitrogens with one attached hydrogen (secondary N) is 1. The predicted octanol–water partition coefficient (Wildman–Crippen LogP) is 5.14. The van der Waals surface area contributed by atoms with Gasteiger partial charge in [0.05, 0.1) is 22.0 Å². The number of amides is 1. The number of anilines is 1. The van der Waals surface area contributed by atoms with E-state index >= 15 is 0 Å². The lowest BCUT2D eigenvalue weighted by Gasteiger charge is -2.14. The van der Waals surface area contributed by atoms with Gasteiger partial charge in [0.2, 0.25) is 5.91 Å². The van der Waals surface area contributed by atoms with Crippen LogP contribution in [0.4, 0.5) is 22.7 Å². The van der Waals surface area contributed by atoms with Crippen LogP contribution in [-0.2, 0) is 4.79 Å². The number of hydrogen-bond acceptors (Lipinski definition) is 6. The van der Waals surface area contributed by atoms with Gasteiger partial charge in [0, 0.05) is 37.4 Å². The average Bonchev–Trinajstić information content (AvgIpc) is 3.19. The molecule has 0 saturated carbocycles. The Balaban J connectivity index is 1.76. The summed E-state index contributed by atoms with van der Waals surface area (Å²) in [6, 6.07) is 21.6. The van der Waals surface area contributed by atoms with Gasteiger partial charge in [-0.2, -0.15) is 5.11 Å². The molecule has 10 nitrogen and oxygen atoms in total. The zero-order chi connectivity index (χ0) is 24.2. The average molecular weight is 456 g/mol. The van der Waals surface area contributed by atoms with Crippen LogP contribution in [0.25, 0.3) is 16.9 Å². The molecule has 10 heteroatoms. The number of benzene rings is 3. The zero-order valence-electron chi connectivity index (χ0n) is 18.4. The molecular weight excluding hydrogens is 436 g/mol. The van der Waals surface area contributed by atoms with E-state index in [0.29, 0.717) is 28.3 Å². The minimum atomic E-state index is -0.491. The molecule has 1 heterocycles. The Bertz CT molecular complexity index is 1420. The van der Waals surface area contributed by atoms with Gasteiger partial charge in [-0.3, -0.25) is 24.8 Å². The van der Waals surface area contributed by atoms with E-state index in [1.54, 1.807) is 67.7 Å². The second-order valence-electron chi connectivity index (χ2n) is 7.41. The summed E-state index contributed by atoms with van der Waals surface area (Å²) in [5.74, 6) is -0.101. The molecule has 0 spiro atoms. The fourth-order valence-electron chi connectivity index (χ4n) is 3.26. The van der Waals surface area contributed by atoms with Gasteiger partial charge in [0.25, 0.3) is 11.2 Å². The van der Waals surface area contributed by atoms with E-state index in [9.17, 15) is 19.7 Å². The van der Waals surface area contributed by atoms with Crippen LogP contribution in [0.15, 0.2) is 93.9 Å². The lowest BCUT2D eigenvalue weighted by Crippen LogP contribution is -2.22. The van der Waals surface area contributed by atoms with E-state index in [0.717, 1.165) is 0 Å². The van der Waals surface area contributed by atoms with Crippen molar-refractivity contribution in [3.63, 3.8) is 0 Å². The Labute approximate surface area is 193 Å². The van der Waals surface area contributed by atoms with Gasteiger partial charge in [-0.05, 0) is 48.5 Å². The number of aromatic nitrogens is 2. The summed E-state index contributed by atoms with van der Waals surface area (Å²) >= 11 is 0. The lowest BCUT2D eigenvalue weighted by atomic mass is 10.1. The number of carbonyl (C=O) groups excluding carboxylic acids is 1. The SMILES string of the molecule is CC(=O)N(C)c1ccc(N=Nc2c(-c3ccc([N+](=O)[O-])cc3)[nH]n(-c3ccccc3)c2=O)cc1. The number of hydrogen-bond donors (Lipinski definition) is 1. The Morgan fingerprint density at radius 1 is 0.971 bits per heavy atom. The smallest absolute Gasteiger partial charge is 0.299 e. The third-order valence-electron chi connectivity index (χ3n) is 5.22. The van der Waals surface area contributed by atoms with Crippen LogP contribution in [0.5, 0.6) is 0 Å². The van der Waals surface area contributed by atoms with E-state index in [1.165, 1.54) is 28.6 Å². The second-order valence-corrected chi connectivity index (χ2v) is 7.41. The molecule has 34 heavy (non-hydrogen) atoms. The number of nitro benzene ring substituents is 1. The maximum atomic E-state index is 13.2. The van der Waals surface area contributed by atoms with Crippen LogP contribution in [0, 0.1) is 10.1 Å². The minimum absolute atomic E-state index is 0.0580. The van der Waals surface area contributed by atoms with Crippen LogP contribution < -0.4 is 10.5 Å². The molecule has 4 rings (SSSR count). The topological polar surface area (TPSA) is 126 Å². The summed E-state index contributed by atoms with van der Waals surface area (Å²) in [4.78, 5) is 36.8. The van der Waals surface area contributed by atoms with Crippen molar-refractivity contribution in [3.05, 3.63) is 99.3 Å². The van der Waals surface area contributed by atoms with Gasteiger partial charge in [-0.1, -0.05) is 18.2 Å². The molecule has 1 N–H and O–H groups in total. The molecule has 0 fully saturated rings. The van der Waals surface area contributed by atoms with Crippen molar-refractivity contribution in [1.82, 2.24) is 9.78 Å². The minimum Gasteiger partial charge on any atom is -0.316 e. The highest BCUT2D eigenvalue weighted by molar-refractivity contribution is 5.90. The standard InChI is InChI=1S/C24H20N6O4/c1-16(31)28(2)19-14-10-18(11-15-19)25-26-23-22(17-8-12-21(13-9-17)30(33)34)27-29(24(23)32)20-6-4-3-5-7-20/h3-15,27H,1-2H3. The van der Waals surface area contributed by atoms with Gasteiger partial charge in [0.15, 0.2) is 5.69 Å². The van der Waals surface area contributed by atoms with E-state index in [4.69, 9.17) is 0 Å². The van der Waals surface area contributed by atoms with Gasteiger partial charge in [-0.25, -0.2) is 4.68 Å². The first kappa shape index (κ1) is 22.3. The van der Waals surface area contributed by atoms with Crippen LogP contribution in [0.2, 0.25) is 0 Å². The number of rotatable bonds is 6. The normalized spacial score (nSPS) is 11.0. The van der Waals surface area contributed by atoms with E-state index in [-0.39, 0.29) is 17.3 Å². The van der Waals surface area contributed by atoms with Gasteiger partial charge in [-0.15, -0.1) is 5.11 Å². The molecule has 0 aliphatic rings. The molecule has 1 amide bonds. The monoisotopic (exact) mass is 456 g/mol. The first-order valence-electron chi connectivity index (χ1n) is 10.3. The van der Waals surface area contributed by atoms with Crippen molar-refractivity contribution in [2.45, 2.75) is 6.92 Å². The third-order valence-corrected chi connectivity index (χ3v) is 5.22. The lowest BCUT2D eigenvalue weighted by molar-refractivity contribution is -0.384. The molecule has 0 saturated heterocycles. The fourth-order valence-corrected chi connectivity index (χ4v) is 3.26. The predicted molar refractivity (Wildman–Crippen MR) is 128 cm³/mol. The summed E-state index contributed by atoms with van der Waals surface area (Å²) in [7, 11) is 1.67. The van der Waals surface area contributed by atoms with Gasteiger partial charge in [0.1, 0.15) is 0 Å². The molecule has 3 aromatic carbocycles. The van der Waals surface area contributed by atoms with E-state index in [2.05, 4.69) is 15.3 Å². The van der Waals surface area contributed by atoms with Crippen molar-refractivity contribution in [1.29, 1.82) is 0 Å². The zero-order valence-corrected chi connectivity index (χ0v) is 18.4. The second kappa shape index (κ2) is 9.33. The van der Waals surface area contributed by atoms with Crippen LogP contribution >= 0.6 is 0 Å². The molecule has 0 unspecified atom stereocenters. The highest BCUT2D eigenvalue weighted by atomic mass is 16.6. The van der Waals surface area contributed by atoms with E-state index < -0.39 is 10.5 Å². The molecule has 4 aromatic rings. The summed E-state index contributed by atoms with van der Waals surface area (Å²) in [6.45, 7) is 1.47. The van der Waals surface area contributed by atoms with Gasteiger partial charge < -0.3 is 4.90 Å². The van der Waals surface area contributed by atoms with Crippen molar-refractivity contribution >= 4 is 28.7 Å². The third kappa shape index (κ3) is 4.51. The number of nitrogens with zero attached hydrogens (tertiary/aromatic N) is 5. The van der Waals surface area contributed by atoms with Crippen molar-refractivity contribution in [3.8, 4) is 16.9 Å². The highest BCUT2D eigenvalue weighted by Gasteiger charge is 2.18. The van der Waals surface area contributed by atoms with Crippen molar-refractivity contribution in [2.75, 3.05) is 11.9 Å². The molecule has 0 aliphatic heterocycles. The quantitative estimate of drug-likeness (QED) is 0.245. The summed E-state index contributed by atoms with van der Waals surface area (Å²) < 4.78 is 1.34. The molecule has 170 valence electrons. The van der Waals surface area contributed by atoms with Crippen LogP contribution in [0.3, 0.4) is 0 Å².